The Bertz CT molecular complexity index is 1990. The number of anilines is 1. The zero-order chi connectivity index (χ0) is 36.5. The number of halogens is 1. The smallest absolute Gasteiger partial charge is 0.287 e. The Kier molecular flexibility index (Phi) is 11.7. The van der Waals surface area contributed by atoms with Gasteiger partial charge in [0, 0.05) is 49.5 Å². The normalized spacial score (nSPS) is 13.4. The number of piperazine rings is 1. The highest BCUT2D eigenvalue weighted by Crippen LogP contribution is 2.27. The van der Waals surface area contributed by atoms with Gasteiger partial charge in [-0.05, 0) is 97.9 Å². The largest absolute Gasteiger partial charge is 0.494 e. The van der Waals surface area contributed by atoms with Crippen molar-refractivity contribution in [3.8, 4) is 28.2 Å². The summed E-state index contributed by atoms with van der Waals surface area (Å²) < 4.78 is 25.5. The van der Waals surface area contributed by atoms with Gasteiger partial charge in [0.05, 0.1) is 6.61 Å². The van der Waals surface area contributed by atoms with Crippen molar-refractivity contribution in [3.05, 3.63) is 132 Å². The maximum Gasteiger partial charge on any atom is 0.287 e. The van der Waals surface area contributed by atoms with E-state index in [0.29, 0.717) is 66.7 Å². The van der Waals surface area contributed by atoms with Crippen molar-refractivity contribution < 1.29 is 27.9 Å². The molecule has 2 heterocycles. The van der Waals surface area contributed by atoms with Crippen LogP contribution in [0, 0.1) is 5.82 Å². The van der Waals surface area contributed by atoms with Crippen molar-refractivity contribution in [2.45, 2.75) is 12.5 Å². The minimum absolute atomic E-state index is 0.0433. The number of amides is 3. The van der Waals surface area contributed by atoms with E-state index in [1.165, 1.54) is 12.1 Å². The molecule has 1 aliphatic rings. The Morgan fingerprint density at radius 2 is 1.58 bits per heavy atom. The fourth-order valence-electron chi connectivity index (χ4n) is 5.94. The SMILES string of the molecule is CN(C)CCCOc1ccc(C(NC(=O)c2ccc(-c3cccc(NC(=O)c4ccc(-c5cccc(F)c5)cc4)c3)o2)C(=O)N2CCNCC2)cc1. The monoisotopic (exact) mass is 703 g/mol. The molecule has 10 nitrogen and oxygen atoms in total. The predicted molar refractivity (Wildman–Crippen MR) is 199 cm³/mol. The Morgan fingerprint density at radius 1 is 0.846 bits per heavy atom. The van der Waals surface area contributed by atoms with Gasteiger partial charge in [0.1, 0.15) is 23.4 Å². The summed E-state index contributed by atoms with van der Waals surface area (Å²) in [6.07, 6.45) is 0.883. The number of nitrogens with one attached hydrogen (secondary N) is 3. The zero-order valence-corrected chi connectivity index (χ0v) is 29.2. The van der Waals surface area contributed by atoms with Crippen molar-refractivity contribution in [2.75, 3.05) is 58.7 Å². The molecule has 1 aliphatic heterocycles. The second kappa shape index (κ2) is 17.0. The third-order valence-corrected chi connectivity index (χ3v) is 8.72. The van der Waals surface area contributed by atoms with E-state index >= 15 is 0 Å². The summed E-state index contributed by atoms with van der Waals surface area (Å²) >= 11 is 0. The van der Waals surface area contributed by atoms with Gasteiger partial charge < -0.3 is 34.9 Å². The van der Waals surface area contributed by atoms with Crippen LogP contribution in [0.5, 0.6) is 5.75 Å². The first-order valence-corrected chi connectivity index (χ1v) is 17.3. The summed E-state index contributed by atoms with van der Waals surface area (Å²) in [5.74, 6) is -0.222. The molecule has 268 valence electrons. The van der Waals surface area contributed by atoms with Crippen molar-refractivity contribution in [1.29, 1.82) is 0 Å². The highest BCUT2D eigenvalue weighted by molar-refractivity contribution is 6.04. The highest BCUT2D eigenvalue weighted by Gasteiger charge is 2.30. The molecular weight excluding hydrogens is 661 g/mol. The molecule has 3 amide bonds. The van der Waals surface area contributed by atoms with Gasteiger partial charge in [-0.1, -0.05) is 48.5 Å². The van der Waals surface area contributed by atoms with Crippen molar-refractivity contribution in [3.63, 3.8) is 0 Å². The lowest BCUT2D eigenvalue weighted by Gasteiger charge is -2.31. The third kappa shape index (κ3) is 9.30. The number of rotatable bonds is 13. The summed E-state index contributed by atoms with van der Waals surface area (Å²) in [6.45, 7) is 3.91. The first-order valence-electron chi connectivity index (χ1n) is 17.3. The molecule has 1 saturated heterocycles. The number of ether oxygens (including phenoxy) is 1. The van der Waals surface area contributed by atoms with E-state index < -0.39 is 11.9 Å². The van der Waals surface area contributed by atoms with Crippen LogP contribution < -0.4 is 20.7 Å². The molecular formula is C41H42FN5O5. The van der Waals surface area contributed by atoms with E-state index in [4.69, 9.17) is 9.15 Å². The van der Waals surface area contributed by atoms with Crippen LogP contribution in [0.2, 0.25) is 0 Å². The number of hydrogen-bond acceptors (Lipinski definition) is 7. The molecule has 1 atom stereocenters. The van der Waals surface area contributed by atoms with Crippen LogP contribution in [0.3, 0.4) is 0 Å². The van der Waals surface area contributed by atoms with Gasteiger partial charge in [0.2, 0.25) is 5.91 Å². The van der Waals surface area contributed by atoms with Gasteiger partial charge in [-0.3, -0.25) is 14.4 Å². The fourth-order valence-corrected chi connectivity index (χ4v) is 5.94. The van der Waals surface area contributed by atoms with Gasteiger partial charge in [-0.15, -0.1) is 0 Å². The summed E-state index contributed by atoms with van der Waals surface area (Å²) in [7, 11) is 4.03. The minimum Gasteiger partial charge on any atom is -0.494 e. The van der Waals surface area contributed by atoms with Gasteiger partial charge in [-0.2, -0.15) is 0 Å². The lowest BCUT2D eigenvalue weighted by atomic mass is 10.0. The first kappa shape index (κ1) is 36.0. The molecule has 0 aliphatic carbocycles. The van der Waals surface area contributed by atoms with Crippen LogP contribution >= 0.6 is 0 Å². The van der Waals surface area contributed by atoms with Gasteiger partial charge in [0.15, 0.2) is 5.76 Å². The zero-order valence-electron chi connectivity index (χ0n) is 29.2. The van der Waals surface area contributed by atoms with Crippen LogP contribution in [-0.2, 0) is 4.79 Å². The average Bonchev–Trinajstić information content (AvgIpc) is 3.67. The quantitative estimate of drug-likeness (QED) is 0.124. The van der Waals surface area contributed by atoms with Crippen LogP contribution in [0.4, 0.5) is 10.1 Å². The summed E-state index contributed by atoms with van der Waals surface area (Å²) in [5, 5.41) is 9.06. The van der Waals surface area contributed by atoms with Crippen LogP contribution in [0.1, 0.15) is 38.9 Å². The molecule has 5 aromatic rings. The number of nitrogens with zero attached hydrogens (tertiary/aromatic N) is 2. The van der Waals surface area contributed by atoms with E-state index in [2.05, 4.69) is 20.9 Å². The second-order valence-corrected chi connectivity index (χ2v) is 12.8. The highest BCUT2D eigenvalue weighted by atomic mass is 19.1. The molecule has 0 bridgehead atoms. The average molecular weight is 704 g/mol. The maximum absolute atomic E-state index is 13.7. The minimum atomic E-state index is -0.927. The molecule has 11 heteroatoms. The molecule has 6 rings (SSSR count). The molecule has 1 fully saturated rings. The maximum atomic E-state index is 13.7. The topological polar surface area (TPSA) is 116 Å². The lowest BCUT2D eigenvalue weighted by Crippen LogP contribution is -2.50. The Balaban J connectivity index is 1.12. The van der Waals surface area contributed by atoms with Crippen LogP contribution in [-0.4, -0.2) is 80.9 Å². The molecule has 0 saturated carbocycles. The van der Waals surface area contributed by atoms with E-state index in [-0.39, 0.29) is 23.4 Å². The third-order valence-electron chi connectivity index (χ3n) is 8.72. The molecule has 0 radical (unpaired) electrons. The number of hydrogen-bond donors (Lipinski definition) is 3. The van der Waals surface area contributed by atoms with E-state index in [1.54, 1.807) is 77.7 Å². The van der Waals surface area contributed by atoms with Crippen LogP contribution in [0.25, 0.3) is 22.5 Å². The summed E-state index contributed by atoms with van der Waals surface area (Å²) in [6, 6.07) is 29.8. The van der Waals surface area contributed by atoms with E-state index in [0.717, 1.165) is 24.1 Å². The van der Waals surface area contributed by atoms with E-state index in [9.17, 15) is 18.8 Å². The van der Waals surface area contributed by atoms with Crippen molar-refractivity contribution in [1.82, 2.24) is 20.4 Å². The van der Waals surface area contributed by atoms with Crippen molar-refractivity contribution >= 4 is 23.4 Å². The Hall–Kier alpha value is -5.78. The van der Waals surface area contributed by atoms with E-state index in [1.807, 2.05) is 38.4 Å². The van der Waals surface area contributed by atoms with Gasteiger partial charge >= 0.3 is 0 Å². The van der Waals surface area contributed by atoms with Crippen molar-refractivity contribution in [2.24, 2.45) is 0 Å². The lowest BCUT2D eigenvalue weighted by molar-refractivity contribution is -0.134. The first-order chi connectivity index (χ1) is 25.2. The molecule has 3 N–H and O–H groups in total. The van der Waals surface area contributed by atoms with Crippen LogP contribution in [0.15, 0.2) is 114 Å². The Morgan fingerprint density at radius 3 is 2.31 bits per heavy atom. The molecule has 4 aromatic carbocycles. The molecule has 0 spiro atoms. The number of carbonyl (C=O) groups excluding carboxylic acids is 3. The second-order valence-electron chi connectivity index (χ2n) is 12.8. The Labute approximate surface area is 302 Å². The van der Waals surface area contributed by atoms with Gasteiger partial charge in [0.25, 0.3) is 11.8 Å². The summed E-state index contributed by atoms with van der Waals surface area (Å²) in [5.41, 5.74) is 3.77. The number of furan rings is 1. The van der Waals surface area contributed by atoms with Gasteiger partial charge in [-0.25, -0.2) is 4.39 Å². The molecule has 1 aromatic heterocycles. The predicted octanol–water partition coefficient (Wildman–Crippen LogP) is 6.24. The molecule has 1 unspecified atom stereocenters. The number of carbonyl (C=O) groups is 3. The fraction of sp³-hybridized carbons (Fsp3) is 0.244. The molecule has 52 heavy (non-hydrogen) atoms. The number of benzene rings is 4. The summed E-state index contributed by atoms with van der Waals surface area (Å²) in [4.78, 5) is 44.2. The standard InChI is InChI=1S/C41H42FN5O5/c1-46(2)22-5-25-51-35-16-14-29(15-17-35)38(41(50)47-23-20-43-21-24-47)45-40(49)37-19-18-36(52-37)32-7-4-9-34(27-32)44-39(48)30-12-10-28(11-13-30)31-6-3-8-33(42)26-31/h3-4,6-19,26-27,38,43H,5,20-25H2,1-2H3,(H,44,48)(H,45,49).